The molecule has 0 bridgehead atoms. The molecule has 0 aromatic carbocycles. The lowest BCUT2D eigenvalue weighted by Crippen LogP contribution is -2.31. The van der Waals surface area contributed by atoms with Crippen molar-refractivity contribution in [1.82, 2.24) is 0 Å². The second kappa shape index (κ2) is 8.56. The number of aliphatic hydroxyl groups is 1. The van der Waals surface area contributed by atoms with E-state index in [-0.39, 0.29) is 19.4 Å². The van der Waals surface area contributed by atoms with Crippen LogP contribution in [0.3, 0.4) is 0 Å². The van der Waals surface area contributed by atoms with E-state index in [1.54, 1.807) is 6.92 Å². The summed E-state index contributed by atoms with van der Waals surface area (Å²) in [4.78, 5) is 27.0. The molecule has 0 saturated carbocycles. The van der Waals surface area contributed by atoms with Crippen LogP contribution in [-0.2, 0) is 22.7 Å². The molecule has 0 aliphatic carbocycles. The first kappa shape index (κ1) is 23.2. The SMILES string of the molecule is [B]C(COP(=O)(O)OC(C)(CC)CCOP(=O)(O)O)C(C)(C)O. The van der Waals surface area contributed by atoms with E-state index in [0.717, 1.165) is 0 Å². The van der Waals surface area contributed by atoms with Gasteiger partial charge in [-0.1, -0.05) is 6.92 Å². The molecule has 0 rings (SSSR count). The zero-order chi connectivity index (χ0) is 18.5. The van der Waals surface area contributed by atoms with Crippen LogP contribution in [-0.4, -0.2) is 52.0 Å². The first-order valence-corrected chi connectivity index (χ1v) is 9.99. The summed E-state index contributed by atoms with van der Waals surface area (Å²) in [5.41, 5.74) is -2.50. The Morgan fingerprint density at radius 2 is 1.65 bits per heavy atom. The predicted molar refractivity (Wildman–Crippen MR) is 84.0 cm³/mol. The molecule has 4 N–H and O–H groups in total. The molecule has 0 heterocycles. The molecule has 0 aliphatic rings. The molecule has 23 heavy (non-hydrogen) atoms. The van der Waals surface area contributed by atoms with Crippen LogP contribution in [0.4, 0.5) is 0 Å². The molecule has 0 aliphatic heterocycles. The number of rotatable bonds is 11. The van der Waals surface area contributed by atoms with E-state index < -0.39 is 39.3 Å². The Balaban J connectivity index is 4.63. The molecule has 0 saturated heterocycles. The van der Waals surface area contributed by atoms with Crippen molar-refractivity contribution in [2.24, 2.45) is 0 Å². The van der Waals surface area contributed by atoms with E-state index in [4.69, 9.17) is 26.7 Å². The van der Waals surface area contributed by atoms with Crippen molar-refractivity contribution < 1.29 is 42.5 Å². The lowest BCUT2D eigenvalue weighted by molar-refractivity contribution is 0.00530. The van der Waals surface area contributed by atoms with Crippen LogP contribution in [0.15, 0.2) is 0 Å². The van der Waals surface area contributed by atoms with Crippen LogP contribution in [0.25, 0.3) is 0 Å². The highest BCUT2D eigenvalue weighted by Gasteiger charge is 2.36. The van der Waals surface area contributed by atoms with Crippen LogP contribution >= 0.6 is 15.6 Å². The van der Waals surface area contributed by atoms with Gasteiger partial charge in [0.05, 0.1) is 32.3 Å². The van der Waals surface area contributed by atoms with Crippen molar-refractivity contribution in [3.8, 4) is 0 Å². The maximum Gasteiger partial charge on any atom is 0.472 e. The van der Waals surface area contributed by atoms with Gasteiger partial charge < -0.3 is 19.8 Å². The molecular weight excluding hydrogens is 349 g/mol. The second-order valence-electron chi connectivity index (χ2n) is 5.99. The summed E-state index contributed by atoms with van der Waals surface area (Å²) in [5, 5.41) is 9.65. The summed E-state index contributed by atoms with van der Waals surface area (Å²) >= 11 is 0. The minimum atomic E-state index is -4.62. The topological polar surface area (TPSA) is 143 Å². The fourth-order valence-corrected chi connectivity index (χ4v) is 2.86. The Morgan fingerprint density at radius 3 is 2.04 bits per heavy atom. The molecule has 3 atom stereocenters. The maximum absolute atomic E-state index is 12.0. The van der Waals surface area contributed by atoms with Crippen molar-refractivity contribution in [2.75, 3.05) is 13.2 Å². The molecule has 3 unspecified atom stereocenters. The van der Waals surface area contributed by atoms with Crippen LogP contribution in [0, 0.1) is 0 Å². The van der Waals surface area contributed by atoms with Crippen molar-refractivity contribution in [3.63, 3.8) is 0 Å². The maximum atomic E-state index is 12.0. The van der Waals surface area contributed by atoms with Crippen molar-refractivity contribution in [2.45, 2.75) is 57.6 Å². The number of hydrogen-bond acceptors (Lipinski definition) is 6. The van der Waals surface area contributed by atoms with E-state index in [2.05, 4.69) is 4.52 Å². The molecule has 136 valence electrons. The standard InChI is InChI=1S/C11H25BO9P2/c1-5-11(4,6-7-19-22(14,15)16)21-23(17,18)20-8-9(12)10(2,3)13/h9,13H,5-8H2,1-4H3,(H,17,18)(H2,14,15,16). The fourth-order valence-electron chi connectivity index (χ4n) is 1.35. The van der Waals surface area contributed by atoms with E-state index in [9.17, 15) is 19.1 Å². The zero-order valence-electron chi connectivity index (χ0n) is 13.7. The Hall–Kier alpha value is 0.245. The van der Waals surface area contributed by atoms with Crippen LogP contribution in [0.1, 0.15) is 40.5 Å². The summed E-state index contributed by atoms with van der Waals surface area (Å²) in [6, 6.07) is 0. The third kappa shape index (κ3) is 10.7. The molecule has 9 nitrogen and oxygen atoms in total. The minimum Gasteiger partial charge on any atom is -0.391 e. The third-order valence-electron chi connectivity index (χ3n) is 3.30. The number of phosphoric ester groups is 2. The van der Waals surface area contributed by atoms with Crippen molar-refractivity contribution >= 4 is 23.5 Å². The molecular formula is C11H25BO9P2. The van der Waals surface area contributed by atoms with Crippen LogP contribution in [0.2, 0.25) is 5.82 Å². The number of phosphoric acid groups is 2. The summed E-state index contributed by atoms with van der Waals surface area (Å²) < 4.78 is 36.7. The van der Waals surface area contributed by atoms with Gasteiger partial charge in [0.25, 0.3) is 0 Å². The molecule has 12 heteroatoms. The lowest BCUT2D eigenvalue weighted by atomic mass is 9.76. The molecule has 0 aromatic heterocycles. The summed E-state index contributed by atoms with van der Waals surface area (Å²) in [6.45, 7) is 5.24. The van der Waals surface area contributed by atoms with Crippen molar-refractivity contribution in [1.29, 1.82) is 0 Å². The quantitative estimate of drug-likeness (QED) is 0.313. The van der Waals surface area contributed by atoms with Gasteiger partial charge in [0.15, 0.2) is 0 Å². The first-order valence-electron chi connectivity index (χ1n) is 6.96. The third-order valence-corrected chi connectivity index (χ3v) is 4.96. The van der Waals surface area contributed by atoms with Gasteiger partial charge in [0.2, 0.25) is 0 Å². The Morgan fingerprint density at radius 1 is 1.13 bits per heavy atom. The highest BCUT2D eigenvalue weighted by atomic mass is 31.2. The van der Waals surface area contributed by atoms with E-state index in [0.29, 0.717) is 0 Å². The molecule has 0 fully saturated rings. The average molecular weight is 374 g/mol. The smallest absolute Gasteiger partial charge is 0.391 e. The van der Waals surface area contributed by atoms with Crippen LogP contribution in [0.5, 0.6) is 0 Å². The minimum absolute atomic E-state index is 0.0416. The Bertz CT molecular complexity index is 461. The molecule has 2 radical (unpaired) electrons. The second-order valence-corrected chi connectivity index (χ2v) is 8.61. The van der Waals surface area contributed by atoms with Gasteiger partial charge in [0.1, 0.15) is 0 Å². The first-order chi connectivity index (χ1) is 10.1. The fraction of sp³-hybridized carbons (Fsp3) is 1.00. The molecule has 0 amide bonds. The van der Waals surface area contributed by atoms with Gasteiger partial charge >= 0.3 is 15.6 Å². The average Bonchev–Trinajstić information content (AvgIpc) is 2.32. The normalized spacial score (nSPS) is 19.8. The highest BCUT2D eigenvalue weighted by Crippen LogP contribution is 2.50. The van der Waals surface area contributed by atoms with E-state index in [1.807, 2.05) is 0 Å². The van der Waals surface area contributed by atoms with E-state index in [1.165, 1.54) is 20.8 Å². The molecule has 0 aromatic rings. The van der Waals surface area contributed by atoms with Gasteiger partial charge in [-0.15, -0.1) is 0 Å². The molecule has 0 spiro atoms. The Labute approximate surface area is 137 Å². The monoisotopic (exact) mass is 374 g/mol. The van der Waals surface area contributed by atoms with Crippen molar-refractivity contribution in [3.05, 3.63) is 0 Å². The van der Waals surface area contributed by atoms with Gasteiger partial charge in [-0.25, -0.2) is 9.13 Å². The highest BCUT2D eigenvalue weighted by molar-refractivity contribution is 7.47. The van der Waals surface area contributed by atoms with Gasteiger partial charge in [0, 0.05) is 6.42 Å². The predicted octanol–water partition coefficient (Wildman–Crippen LogP) is 1.52. The largest absolute Gasteiger partial charge is 0.472 e. The summed E-state index contributed by atoms with van der Waals surface area (Å²) in [6.07, 6.45) is 0.225. The summed E-state index contributed by atoms with van der Waals surface area (Å²) in [7, 11) is -3.48. The lowest BCUT2D eigenvalue weighted by Gasteiger charge is -2.31. The summed E-state index contributed by atoms with van der Waals surface area (Å²) in [5.74, 6) is -0.905. The van der Waals surface area contributed by atoms with Gasteiger partial charge in [-0.05, 0) is 33.0 Å². The van der Waals surface area contributed by atoms with Crippen LogP contribution < -0.4 is 0 Å². The number of hydrogen-bond donors (Lipinski definition) is 4. The van der Waals surface area contributed by atoms with Gasteiger partial charge in [-0.3, -0.25) is 13.6 Å². The Kier molecular flexibility index (Phi) is 8.65. The zero-order valence-corrected chi connectivity index (χ0v) is 15.5. The van der Waals surface area contributed by atoms with Gasteiger partial charge in [-0.2, -0.15) is 0 Å². The van der Waals surface area contributed by atoms with E-state index >= 15 is 0 Å².